The Hall–Kier alpha value is -4.70. The molecule has 4 aromatic carbocycles. The Labute approximate surface area is 224 Å². The molecule has 0 atom stereocenters. The number of hydrogen-bond donors (Lipinski definition) is 0. The summed E-state index contributed by atoms with van der Waals surface area (Å²) in [5.74, 6) is 1.60. The van der Waals surface area contributed by atoms with Crippen LogP contribution in [0.2, 0.25) is 0 Å². The van der Waals surface area contributed by atoms with E-state index in [0.717, 1.165) is 56.3 Å². The normalized spacial score (nSPS) is 10.6. The van der Waals surface area contributed by atoms with Crippen molar-refractivity contribution in [3.8, 4) is 33.9 Å². The van der Waals surface area contributed by atoms with Gasteiger partial charge in [0.1, 0.15) is 5.82 Å². The summed E-state index contributed by atoms with van der Waals surface area (Å²) in [6.45, 7) is 8.14. The molecule has 0 saturated heterocycles. The van der Waals surface area contributed by atoms with Crippen LogP contribution in [-0.4, -0.2) is 19.9 Å². The summed E-state index contributed by atoms with van der Waals surface area (Å²) in [6, 6.07) is 37.1. The lowest BCUT2D eigenvalue weighted by Crippen LogP contribution is -1.94. The number of fused-ring (bicyclic) bond motifs is 1. The van der Waals surface area contributed by atoms with Crippen LogP contribution in [0.15, 0.2) is 109 Å². The van der Waals surface area contributed by atoms with E-state index in [2.05, 4.69) is 101 Å². The minimum atomic E-state index is 0.794. The van der Waals surface area contributed by atoms with E-state index in [9.17, 15) is 0 Å². The van der Waals surface area contributed by atoms with Crippen molar-refractivity contribution in [1.29, 1.82) is 0 Å². The van der Waals surface area contributed by atoms with Gasteiger partial charge < -0.3 is 0 Å². The molecule has 0 spiro atoms. The molecule has 0 unspecified atom stereocenters. The van der Waals surface area contributed by atoms with Gasteiger partial charge in [-0.2, -0.15) is 0 Å². The highest BCUT2D eigenvalue weighted by Crippen LogP contribution is 2.24. The van der Waals surface area contributed by atoms with Gasteiger partial charge in [0.25, 0.3) is 0 Å². The Morgan fingerprint density at radius 1 is 0.447 bits per heavy atom. The van der Waals surface area contributed by atoms with E-state index in [1.165, 1.54) is 11.1 Å². The highest BCUT2D eigenvalue weighted by atomic mass is 14.9. The molecule has 0 fully saturated rings. The molecule has 0 N–H and O–H groups in total. The molecule has 6 rings (SSSR count). The molecule has 0 aliphatic heterocycles. The number of hydrogen-bond acceptors (Lipinski definition) is 4. The SMILES string of the molecule is Cc1cccc(-c2cc(-c3ccccc3)nc(C)n2)c1.Cc1cccc(-c2nc(C)c3ccccc3n2)c1. The van der Waals surface area contributed by atoms with E-state index in [0.29, 0.717) is 0 Å². The van der Waals surface area contributed by atoms with Crippen molar-refractivity contribution in [3.05, 3.63) is 132 Å². The predicted molar refractivity (Wildman–Crippen MR) is 157 cm³/mol. The van der Waals surface area contributed by atoms with Crippen molar-refractivity contribution in [2.75, 3.05) is 0 Å². The predicted octanol–water partition coefficient (Wildman–Crippen LogP) is 8.34. The summed E-state index contributed by atoms with van der Waals surface area (Å²) < 4.78 is 0. The number of benzene rings is 4. The van der Waals surface area contributed by atoms with Crippen molar-refractivity contribution in [3.63, 3.8) is 0 Å². The third-order valence-corrected chi connectivity index (χ3v) is 6.29. The average Bonchev–Trinajstić information content (AvgIpc) is 2.94. The Morgan fingerprint density at radius 3 is 1.74 bits per heavy atom. The second-order valence-electron chi connectivity index (χ2n) is 9.44. The van der Waals surface area contributed by atoms with Crippen LogP contribution in [0.5, 0.6) is 0 Å². The van der Waals surface area contributed by atoms with Gasteiger partial charge in [0.15, 0.2) is 5.82 Å². The molecule has 2 heterocycles. The zero-order valence-electron chi connectivity index (χ0n) is 22.2. The fraction of sp³-hybridized carbons (Fsp3) is 0.118. The molecule has 4 nitrogen and oxygen atoms in total. The Kier molecular flexibility index (Phi) is 7.32. The zero-order valence-corrected chi connectivity index (χ0v) is 22.2. The summed E-state index contributed by atoms with van der Waals surface area (Å²) in [5, 5.41) is 1.12. The van der Waals surface area contributed by atoms with Crippen LogP contribution in [0.3, 0.4) is 0 Å². The largest absolute Gasteiger partial charge is 0.233 e. The van der Waals surface area contributed by atoms with Crippen LogP contribution in [0.25, 0.3) is 44.8 Å². The second kappa shape index (κ2) is 11.1. The molecule has 186 valence electrons. The number of aromatic nitrogens is 4. The summed E-state index contributed by atoms with van der Waals surface area (Å²) in [5.41, 5.74) is 9.75. The van der Waals surface area contributed by atoms with Crippen molar-refractivity contribution in [2.24, 2.45) is 0 Å². The lowest BCUT2D eigenvalue weighted by atomic mass is 10.1. The molecular weight excluding hydrogens is 464 g/mol. The number of nitrogens with zero attached hydrogens (tertiary/aromatic N) is 4. The Bertz CT molecular complexity index is 1710. The molecule has 0 aliphatic carbocycles. The maximum Gasteiger partial charge on any atom is 0.160 e. The molecule has 0 bridgehead atoms. The zero-order chi connectivity index (χ0) is 26.5. The van der Waals surface area contributed by atoms with Crippen LogP contribution in [0.4, 0.5) is 0 Å². The Morgan fingerprint density at radius 2 is 1.03 bits per heavy atom. The monoisotopic (exact) mass is 494 g/mol. The van der Waals surface area contributed by atoms with Crippen LogP contribution < -0.4 is 0 Å². The van der Waals surface area contributed by atoms with Crippen molar-refractivity contribution in [2.45, 2.75) is 27.7 Å². The molecule has 0 saturated carbocycles. The molecular formula is C34H30N4. The van der Waals surface area contributed by atoms with Crippen LogP contribution in [0, 0.1) is 27.7 Å². The molecule has 38 heavy (non-hydrogen) atoms. The summed E-state index contributed by atoms with van der Waals surface area (Å²) in [6.07, 6.45) is 0. The number of para-hydroxylation sites is 1. The highest BCUT2D eigenvalue weighted by molar-refractivity contribution is 5.82. The lowest BCUT2D eigenvalue weighted by Gasteiger charge is -2.07. The van der Waals surface area contributed by atoms with Crippen LogP contribution in [0.1, 0.15) is 22.6 Å². The first-order chi connectivity index (χ1) is 18.5. The van der Waals surface area contributed by atoms with E-state index in [-0.39, 0.29) is 0 Å². The average molecular weight is 495 g/mol. The lowest BCUT2D eigenvalue weighted by molar-refractivity contribution is 1.06. The van der Waals surface area contributed by atoms with Crippen LogP contribution >= 0.6 is 0 Å². The first kappa shape index (κ1) is 25.0. The van der Waals surface area contributed by atoms with Crippen molar-refractivity contribution < 1.29 is 0 Å². The molecule has 0 amide bonds. The van der Waals surface area contributed by atoms with Gasteiger partial charge >= 0.3 is 0 Å². The fourth-order valence-electron chi connectivity index (χ4n) is 4.43. The molecule has 0 radical (unpaired) electrons. The van der Waals surface area contributed by atoms with Gasteiger partial charge in [-0.15, -0.1) is 0 Å². The van der Waals surface area contributed by atoms with Gasteiger partial charge in [-0.05, 0) is 52.0 Å². The van der Waals surface area contributed by atoms with E-state index in [4.69, 9.17) is 0 Å². The number of rotatable bonds is 3. The second-order valence-corrected chi connectivity index (χ2v) is 9.44. The van der Waals surface area contributed by atoms with Crippen LogP contribution in [-0.2, 0) is 0 Å². The van der Waals surface area contributed by atoms with E-state index >= 15 is 0 Å². The van der Waals surface area contributed by atoms with Gasteiger partial charge in [-0.3, -0.25) is 0 Å². The van der Waals surface area contributed by atoms with Gasteiger partial charge in [-0.1, -0.05) is 96.1 Å². The molecule has 2 aromatic heterocycles. The standard InChI is InChI=1S/C18H16N2.C16H14N2/c1-13-7-6-10-16(11-13)18-12-17(19-14(2)20-18)15-8-4-3-5-9-15;1-11-6-5-7-13(10-11)16-17-12(2)14-8-3-4-9-15(14)18-16/h3-12H,1-2H3;3-10H,1-2H3. The minimum Gasteiger partial charge on any atom is -0.233 e. The smallest absolute Gasteiger partial charge is 0.160 e. The van der Waals surface area contributed by atoms with Gasteiger partial charge in [0.05, 0.1) is 16.9 Å². The molecule has 6 aromatic rings. The molecule has 0 aliphatic rings. The third-order valence-electron chi connectivity index (χ3n) is 6.29. The summed E-state index contributed by atoms with van der Waals surface area (Å²) in [4.78, 5) is 18.3. The number of aryl methyl sites for hydroxylation is 4. The highest BCUT2D eigenvalue weighted by Gasteiger charge is 2.07. The quantitative estimate of drug-likeness (QED) is 0.248. The third kappa shape index (κ3) is 5.81. The van der Waals surface area contributed by atoms with E-state index in [1.54, 1.807) is 0 Å². The first-order valence-electron chi connectivity index (χ1n) is 12.7. The maximum absolute atomic E-state index is 4.64. The van der Waals surface area contributed by atoms with Crippen molar-refractivity contribution >= 4 is 10.9 Å². The van der Waals surface area contributed by atoms with Gasteiger partial charge in [0.2, 0.25) is 0 Å². The maximum atomic E-state index is 4.64. The topological polar surface area (TPSA) is 51.6 Å². The first-order valence-corrected chi connectivity index (χ1v) is 12.7. The fourth-order valence-corrected chi connectivity index (χ4v) is 4.43. The Balaban J connectivity index is 0.000000156. The van der Waals surface area contributed by atoms with Gasteiger partial charge in [0, 0.05) is 27.8 Å². The summed E-state index contributed by atoms with van der Waals surface area (Å²) in [7, 11) is 0. The van der Waals surface area contributed by atoms with E-state index in [1.807, 2.05) is 56.3 Å². The van der Waals surface area contributed by atoms with Gasteiger partial charge in [-0.25, -0.2) is 19.9 Å². The molecule has 4 heteroatoms. The van der Waals surface area contributed by atoms with E-state index < -0.39 is 0 Å². The summed E-state index contributed by atoms with van der Waals surface area (Å²) >= 11 is 0. The van der Waals surface area contributed by atoms with Crippen molar-refractivity contribution in [1.82, 2.24) is 19.9 Å². The minimum absolute atomic E-state index is 0.794.